The van der Waals surface area contributed by atoms with E-state index in [4.69, 9.17) is 0 Å². The number of hydrogen-bond donors (Lipinski definition) is 2. The second-order valence-electron chi connectivity index (χ2n) is 7.55. The smallest absolute Gasteiger partial charge is 0.317 e. The average Bonchev–Trinajstić information content (AvgIpc) is 2.61. The van der Waals surface area contributed by atoms with Crippen molar-refractivity contribution in [2.75, 3.05) is 19.6 Å². The van der Waals surface area contributed by atoms with Crippen LogP contribution in [0.3, 0.4) is 0 Å². The Morgan fingerprint density at radius 2 is 1.71 bits per heavy atom. The number of aryl methyl sites for hydroxylation is 1. The predicted molar refractivity (Wildman–Crippen MR) is 96.2 cm³/mol. The summed E-state index contributed by atoms with van der Waals surface area (Å²) in [6.45, 7) is 2.55. The van der Waals surface area contributed by atoms with E-state index in [2.05, 4.69) is 5.32 Å². The fraction of sp³-hybridized carbons (Fsp3) is 0.650. The minimum Gasteiger partial charge on any atom is -0.508 e. The number of nitrogens with one attached hydrogen (secondary N) is 1. The molecule has 1 saturated heterocycles. The second kappa shape index (κ2) is 7.91. The van der Waals surface area contributed by atoms with E-state index >= 15 is 0 Å². The van der Waals surface area contributed by atoms with Crippen molar-refractivity contribution >= 4 is 6.03 Å². The maximum absolute atomic E-state index is 12.3. The first-order chi connectivity index (χ1) is 11.7. The van der Waals surface area contributed by atoms with E-state index in [-0.39, 0.29) is 6.03 Å². The normalized spacial score (nSPS) is 20.1. The summed E-state index contributed by atoms with van der Waals surface area (Å²) in [6, 6.07) is 7.40. The molecule has 1 spiro atoms. The van der Waals surface area contributed by atoms with Crippen LogP contribution in [0.15, 0.2) is 24.3 Å². The number of carbonyl (C=O) groups is 1. The average molecular weight is 330 g/mol. The van der Waals surface area contributed by atoms with Crippen LogP contribution in [0.4, 0.5) is 4.79 Å². The summed E-state index contributed by atoms with van der Waals surface area (Å²) >= 11 is 0. The Morgan fingerprint density at radius 1 is 1.04 bits per heavy atom. The van der Waals surface area contributed by atoms with Gasteiger partial charge in [-0.1, -0.05) is 31.4 Å². The van der Waals surface area contributed by atoms with Crippen LogP contribution in [0.2, 0.25) is 0 Å². The van der Waals surface area contributed by atoms with Crippen LogP contribution >= 0.6 is 0 Å². The number of phenolic OH excluding ortho intramolecular Hbond substituents is 1. The van der Waals surface area contributed by atoms with Crippen LogP contribution in [0.1, 0.15) is 56.9 Å². The molecule has 24 heavy (non-hydrogen) atoms. The standard InChI is InChI=1S/C20H30N2O2/c23-18-8-6-17(7-9-18)5-4-14-21-19(24)22-15-12-20(13-16-22)10-2-1-3-11-20/h6-9,23H,1-5,10-16H2,(H,21,24). The van der Waals surface area contributed by atoms with Crippen LogP contribution in [-0.2, 0) is 6.42 Å². The molecule has 0 radical (unpaired) electrons. The van der Waals surface area contributed by atoms with Crippen LogP contribution in [-0.4, -0.2) is 35.7 Å². The van der Waals surface area contributed by atoms with Gasteiger partial charge < -0.3 is 15.3 Å². The lowest BCUT2D eigenvalue weighted by atomic mass is 9.68. The largest absolute Gasteiger partial charge is 0.508 e. The highest BCUT2D eigenvalue weighted by atomic mass is 16.3. The van der Waals surface area contributed by atoms with Gasteiger partial charge in [-0.2, -0.15) is 0 Å². The molecule has 4 nitrogen and oxygen atoms in total. The Hall–Kier alpha value is -1.71. The number of piperidine rings is 1. The van der Waals surface area contributed by atoms with E-state index in [1.165, 1.54) is 50.5 Å². The number of phenols is 1. The van der Waals surface area contributed by atoms with Crippen molar-refractivity contribution in [1.29, 1.82) is 0 Å². The van der Waals surface area contributed by atoms with Gasteiger partial charge >= 0.3 is 6.03 Å². The van der Waals surface area contributed by atoms with E-state index in [9.17, 15) is 9.90 Å². The van der Waals surface area contributed by atoms with Crippen LogP contribution < -0.4 is 5.32 Å². The Kier molecular flexibility index (Phi) is 5.64. The number of urea groups is 1. The van der Waals surface area contributed by atoms with Gasteiger partial charge in [0.05, 0.1) is 0 Å². The first-order valence-corrected chi connectivity index (χ1v) is 9.48. The molecule has 1 aromatic rings. The SMILES string of the molecule is O=C(NCCCc1ccc(O)cc1)N1CCC2(CCCCC2)CC1. The molecule has 2 amide bonds. The minimum absolute atomic E-state index is 0.103. The Morgan fingerprint density at radius 3 is 2.38 bits per heavy atom. The van der Waals surface area contributed by atoms with Crippen molar-refractivity contribution in [3.05, 3.63) is 29.8 Å². The number of amides is 2. The molecule has 1 aliphatic carbocycles. The van der Waals surface area contributed by atoms with Crippen molar-refractivity contribution in [3.8, 4) is 5.75 Å². The molecule has 0 bridgehead atoms. The van der Waals surface area contributed by atoms with E-state index in [0.29, 0.717) is 17.7 Å². The molecule has 0 aromatic heterocycles. The predicted octanol–water partition coefficient (Wildman–Crippen LogP) is 4.08. The Balaban J connectivity index is 1.34. The molecule has 1 heterocycles. The topological polar surface area (TPSA) is 52.6 Å². The molecule has 1 aromatic carbocycles. The van der Waals surface area contributed by atoms with Crippen molar-refractivity contribution < 1.29 is 9.90 Å². The highest BCUT2D eigenvalue weighted by Crippen LogP contribution is 2.44. The molecule has 132 valence electrons. The first-order valence-electron chi connectivity index (χ1n) is 9.48. The van der Waals surface area contributed by atoms with Gasteiger partial charge in [0, 0.05) is 19.6 Å². The number of likely N-dealkylation sites (tertiary alicyclic amines) is 1. The summed E-state index contributed by atoms with van der Waals surface area (Å²) in [6.07, 6.45) is 11.1. The van der Waals surface area contributed by atoms with Gasteiger partial charge in [-0.25, -0.2) is 4.79 Å². The van der Waals surface area contributed by atoms with Gasteiger partial charge in [-0.15, -0.1) is 0 Å². The molecule has 0 unspecified atom stereocenters. The van der Waals surface area contributed by atoms with E-state index in [1.54, 1.807) is 12.1 Å². The highest BCUT2D eigenvalue weighted by molar-refractivity contribution is 5.74. The Labute approximate surface area is 145 Å². The van der Waals surface area contributed by atoms with E-state index in [0.717, 1.165) is 25.9 Å². The van der Waals surface area contributed by atoms with Crippen molar-refractivity contribution in [3.63, 3.8) is 0 Å². The van der Waals surface area contributed by atoms with Crippen molar-refractivity contribution in [1.82, 2.24) is 10.2 Å². The zero-order valence-electron chi connectivity index (χ0n) is 14.6. The maximum atomic E-state index is 12.3. The molecule has 2 N–H and O–H groups in total. The summed E-state index contributed by atoms with van der Waals surface area (Å²) in [5.74, 6) is 0.299. The summed E-state index contributed by atoms with van der Waals surface area (Å²) in [7, 11) is 0. The molecule has 2 aliphatic rings. The monoisotopic (exact) mass is 330 g/mol. The van der Waals surface area contributed by atoms with Gasteiger partial charge in [0.15, 0.2) is 0 Å². The number of hydrogen-bond acceptors (Lipinski definition) is 2. The third-order valence-corrected chi connectivity index (χ3v) is 5.88. The molecule has 1 saturated carbocycles. The number of carbonyl (C=O) groups excluding carboxylic acids is 1. The lowest BCUT2D eigenvalue weighted by Gasteiger charge is -2.44. The third kappa shape index (κ3) is 4.43. The number of nitrogens with zero attached hydrogens (tertiary/aromatic N) is 1. The molecular weight excluding hydrogens is 300 g/mol. The fourth-order valence-corrected chi connectivity index (χ4v) is 4.25. The third-order valence-electron chi connectivity index (χ3n) is 5.88. The zero-order chi connectivity index (χ0) is 16.8. The lowest BCUT2D eigenvalue weighted by molar-refractivity contribution is 0.0813. The van der Waals surface area contributed by atoms with Crippen LogP contribution in [0.5, 0.6) is 5.75 Å². The number of rotatable bonds is 4. The molecule has 4 heteroatoms. The molecular formula is C20H30N2O2. The molecule has 1 aliphatic heterocycles. The van der Waals surface area contributed by atoms with Crippen LogP contribution in [0, 0.1) is 5.41 Å². The first kappa shape index (κ1) is 17.1. The van der Waals surface area contributed by atoms with Gasteiger partial charge in [-0.3, -0.25) is 0 Å². The maximum Gasteiger partial charge on any atom is 0.317 e. The number of aromatic hydroxyl groups is 1. The van der Waals surface area contributed by atoms with E-state index < -0.39 is 0 Å². The van der Waals surface area contributed by atoms with Crippen molar-refractivity contribution in [2.24, 2.45) is 5.41 Å². The summed E-state index contributed by atoms with van der Waals surface area (Å²) in [4.78, 5) is 14.3. The summed E-state index contributed by atoms with van der Waals surface area (Å²) in [5, 5.41) is 12.3. The summed E-state index contributed by atoms with van der Waals surface area (Å²) in [5.41, 5.74) is 1.74. The zero-order valence-corrected chi connectivity index (χ0v) is 14.6. The molecule has 3 rings (SSSR count). The van der Waals surface area contributed by atoms with Crippen LogP contribution in [0.25, 0.3) is 0 Å². The number of benzene rings is 1. The second-order valence-corrected chi connectivity index (χ2v) is 7.55. The van der Waals surface area contributed by atoms with Gasteiger partial charge in [-0.05, 0) is 61.6 Å². The fourth-order valence-electron chi connectivity index (χ4n) is 4.25. The lowest BCUT2D eigenvalue weighted by Crippen LogP contribution is -2.48. The van der Waals surface area contributed by atoms with Gasteiger partial charge in [0.2, 0.25) is 0 Å². The van der Waals surface area contributed by atoms with E-state index in [1.807, 2.05) is 17.0 Å². The Bertz CT molecular complexity index is 525. The summed E-state index contributed by atoms with van der Waals surface area (Å²) < 4.78 is 0. The van der Waals surface area contributed by atoms with Gasteiger partial charge in [0.25, 0.3) is 0 Å². The molecule has 2 fully saturated rings. The quantitative estimate of drug-likeness (QED) is 0.817. The van der Waals surface area contributed by atoms with Gasteiger partial charge in [0.1, 0.15) is 5.75 Å². The minimum atomic E-state index is 0.103. The van der Waals surface area contributed by atoms with Crippen molar-refractivity contribution in [2.45, 2.75) is 57.8 Å². The molecule has 0 atom stereocenters. The highest BCUT2D eigenvalue weighted by Gasteiger charge is 2.36.